The van der Waals surface area contributed by atoms with Crippen molar-refractivity contribution in [3.8, 4) is 0 Å². The van der Waals surface area contributed by atoms with Crippen molar-refractivity contribution in [2.75, 3.05) is 0 Å². The highest BCUT2D eigenvalue weighted by molar-refractivity contribution is 7.09. The lowest BCUT2D eigenvalue weighted by Crippen LogP contribution is -2.42. The Labute approximate surface area is 122 Å². The van der Waals surface area contributed by atoms with Gasteiger partial charge in [-0.15, -0.1) is 11.3 Å². The van der Waals surface area contributed by atoms with Gasteiger partial charge in [0.25, 0.3) is 0 Å². The van der Waals surface area contributed by atoms with Crippen LogP contribution in [0.2, 0.25) is 0 Å². The molecule has 3 rings (SSSR count). The van der Waals surface area contributed by atoms with Gasteiger partial charge in [0.2, 0.25) is 11.8 Å². The van der Waals surface area contributed by atoms with E-state index in [0.29, 0.717) is 13.0 Å². The largest absolute Gasteiger partial charge is 0.300 e. The molecule has 1 atom stereocenters. The molecule has 1 saturated carbocycles. The first kappa shape index (κ1) is 13.7. The standard InChI is InChI=1S/C14H19N3O2S/c1-9-16-10(8-20-9)7-15-12-6-13(18)17(14(12)19)11-4-2-3-5-11/h8,11-12,15H,2-7H2,1H3. The number of amides is 2. The van der Waals surface area contributed by atoms with Crippen molar-refractivity contribution < 1.29 is 9.59 Å². The predicted molar refractivity (Wildman–Crippen MR) is 76.2 cm³/mol. The van der Waals surface area contributed by atoms with E-state index in [2.05, 4.69) is 10.3 Å². The zero-order valence-corrected chi connectivity index (χ0v) is 12.4. The Morgan fingerprint density at radius 1 is 1.40 bits per heavy atom. The van der Waals surface area contributed by atoms with Crippen LogP contribution in [-0.2, 0) is 16.1 Å². The molecule has 1 saturated heterocycles. The highest BCUT2D eigenvalue weighted by Crippen LogP contribution is 2.28. The van der Waals surface area contributed by atoms with Crippen LogP contribution < -0.4 is 5.32 Å². The van der Waals surface area contributed by atoms with E-state index in [1.54, 1.807) is 11.3 Å². The molecule has 0 bridgehead atoms. The minimum absolute atomic E-state index is 0.0196. The van der Waals surface area contributed by atoms with Gasteiger partial charge in [0.1, 0.15) is 0 Å². The monoisotopic (exact) mass is 293 g/mol. The third-order valence-electron chi connectivity index (χ3n) is 4.07. The third-order valence-corrected chi connectivity index (χ3v) is 4.89. The lowest BCUT2D eigenvalue weighted by molar-refractivity contribution is -0.141. The molecule has 1 aliphatic heterocycles. The van der Waals surface area contributed by atoms with Crippen LogP contribution in [0.15, 0.2) is 5.38 Å². The number of nitrogens with one attached hydrogen (secondary N) is 1. The van der Waals surface area contributed by atoms with Crippen LogP contribution in [-0.4, -0.2) is 33.8 Å². The van der Waals surface area contributed by atoms with E-state index < -0.39 is 0 Å². The lowest BCUT2D eigenvalue weighted by Gasteiger charge is -2.22. The Balaban J connectivity index is 1.60. The maximum Gasteiger partial charge on any atom is 0.247 e. The number of aryl methyl sites for hydroxylation is 1. The van der Waals surface area contributed by atoms with Crippen molar-refractivity contribution in [1.82, 2.24) is 15.2 Å². The van der Waals surface area contributed by atoms with E-state index in [9.17, 15) is 9.59 Å². The molecule has 6 heteroatoms. The van der Waals surface area contributed by atoms with Crippen molar-refractivity contribution in [2.24, 2.45) is 0 Å². The molecule has 108 valence electrons. The second-order valence-corrected chi connectivity index (χ2v) is 6.60. The summed E-state index contributed by atoms with van der Waals surface area (Å²) in [6, 6.07) is -0.228. The first-order valence-electron chi connectivity index (χ1n) is 7.15. The molecular weight excluding hydrogens is 274 g/mol. The van der Waals surface area contributed by atoms with Gasteiger partial charge in [-0.05, 0) is 19.8 Å². The van der Waals surface area contributed by atoms with Crippen LogP contribution in [0.4, 0.5) is 0 Å². The summed E-state index contributed by atoms with van der Waals surface area (Å²) in [7, 11) is 0. The summed E-state index contributed by atoms with van der Waals surface area (Å²) in [5.74, 6) is -0.0669. The van der Waals surface area contributed by atoms with Crippen molar-refractivity contribution in [1.29, 1.82) is 0 Å². The normalized spacial score (nSPS) is 24.1. The molecule has 1 aliphatic carbocycles. The number of nitrogens with zero attached hydrogens (tertiary/aromatic N) is 2. The summed E-state index contributed by atoms with van der Waals surface area (Å²) < 4.78 is 0. The summed E-state index contributed by atoms with van der Waals surface area (Å²) in [5.41, 5.74) is 0.937. The molecule has 5 nitrogen and oxygen atoms in total. The summed E-state index contributed by atoms with van der Waals surface area (Å²) in [6.45, 7) is 2.51. The van der Waals surface area contributed by atoms with Gasteiger partial charge in [-0.2, -0.15) is 0 Å². The SMILES string of the molecule is Cc1nc(CNC2CC(=O)N(C3CCCC3)C2=O)cs1. The average Bonchev–Trinajstić information content (AvgIpc) is 3.10. The molecule has 2 heterocycles. The van der Waals surface area contributed by atoms with E-state index in [-0.39, 0.29) is 23.9 Å². The Morgan fingerprint density at radius 2 is 2.15 bits per heavy atom. The number of thiazole rings is 1. The average molecular weight is 293 g/mol. The number of imide groups is 1. The first-order chi connectivity index (χ1) is 9.65. The van der Waals surface area contributed by atoms with Crippen LogP contribution in [0.1, 0.15) is 42.8 Å². The summed E-state index contributed by atoms with van der Waals surface area (Å²) in [6.07, 6.45) is 4.47. The van der Waals surface area contributed by atoms with Crippen molar-refractivity contribution >= 4 is 23.2 Å². The van der Waals surface area contributed by atoms with Gasteiger partial charge < -0.3 is 0 Å². The van der Waals surface area contributed by atoms with E-state index >= 15 is 0 Å². The maximum absolute atomic E-state index is 12.4. The number of aromatic nitrogens is 1. The smallest absolute Gasteiger partial charge is 0.247 e. The van der Waals surface area contributed by atoms with E-state index in [1.165, 1.54) is 4.90 Å². The van der Waals surface area contributed by atoms with Crippen LogP contribution in [0, 0.1) is 6.92 Å². The van der Waals surface area contributed by atoms with E-state index in [4.69, 9.17) is 0 Å². The molecule has 1 aromatic heterocycles. The fourth-order valence-electron chi connectivity index (χ4n) is 3.07. The van der Waals surface area contributed by atoms with Gasteiger partial charge >= 0.3 is 0 Å². The molecule has 20 heavy (non-hydrogen) atoms. The minimum Gasteiger partial charge on any atom is -0.300 e. The predicted octanol–water partition coefficient (Wildman–Crippen LogP) is 1.61. The summed E-state index contributed by atoms with van der Waals surface area (Å²) in [4.78, 5) is 30.3. The Kier molecular flexibility index (Phi) is 3.85. The second kappa shape index (κ2) is 5.61. The number of hydrogen-bond acceptors (Lipinski definition) is 5. The van der Waals surface area contributed by atoms with Gasteiger partial charge in [-0.3, -0.25) is 19.8 Å². The van der Waals surface area contributed by atoms with E-state index in [0.717, 1.165) is 36.4 Å². The van der Waals surface area contributed by atoms with Crippen molar-refractivity contribution in [3.63, 3.8) is 0 Å². The number of carbonyl (C=O) groups excluding carboxylic acids is 2. The summed E-state index contributed by atoms with van der Waals surface area (Å²) in [5, 5.41) is 6.18. The van der Waals surface area contributed by atoms with Gasteiger partial charge in [-0.1, -0.05) is 12.8 Å². The molecule has 1 aromatic rings. The molecule has 2 amide bonds. The summed E-state index contributed by atoms with van der Waals surface area (Å²) >= 11 is 1.60. The molecule has 1 unspecified atom stereocenters. The third kappa shape index (κ3) is 2.62. The highest BCUT2D eigenvalue weighted by atomic mass is 32.1. The topological polar surface area (TPSA) is 62.3 Å². The quantitative estimate of drug-likeness (QED) is 0.857. The van der Waals surface area contributed by atoms with Crippen LogP contribution >= 0.6 is 11.3 Å². The fraction of sp³-hybridized carbons (Fsp3) is 0.643. The number of hydrogen-bond donors (Lipinski definition) is 1. The minimum atomic E-state index is -0.370. The van der Waals surface area contributed by atoms with Gasteiger partial charge in [0.05, 0.1) is 23.2 Å². The Morgan fingerprint density at radius 3 is 2.80 bits per heavy atom. The van der Waals surface area contributed by atoms with Gasteiger partial charge in [-0.25, -0.2) is 4.98 Å². The number of rotatable bonds is 4. The molecule has 0 spiro atoms. The number of carbonyl (C=O) groups is 2. The Hall–Kier alpha value is -1.27. The maximum atomic E-state index is 12.4. The van der Waals surface area contributed by atoms with Crippen LogP contribution in [0.25, 0.3) is 0 Å². The van der Waals surface area contributed by atoms with Crippen molar-refractivity contribution in [2.45, 2.75) is 57.7 Å². The Bertz CT molecular complexity index is 522. The molecular formula is C14H19N3O2S. The van der Waals surface area contributed by atoms with Crippen LogP contribution in [0.3, 0.4) is 0 Å². The molecule has 2 fully saturated rings. The molecule has 0 aromatic carbocycles. The molecule has 2 aliphatic rings. The van der Waals surface area contributed by atoms with Crippen LogP contribution in [0.5, 0.6) is 0 Å². The molecule has 0 radical (unpaired) electrons. The highest BCUT2D eigenvalue weighted by Gasteiger charge is 2.42. The molecule has 1 N–H and O–H groups in total. The van der Waals surface area contributed by atoms with Gasteiger partial charge in [0.15, 0.2) is 0 Å². The van der Waals surface area contributed by atoms with Gasteiger partial charge in [0, 0.05) is 18.0 Å². The zero-order chi connectivity index (χ0) is 14.1. The van der Waals surface area contributed by atoms with Crippen molar-refractivity contribution in [3.05, 3.63) is 16.1 Å². The lowest BCUT2D eigenvalue weighted by atomic mass is 10.2. The number of likely N-dealkylation sites (tertiary alicyclic amines) is 1. The fourth-order valence-corrected chi connectivity index (χ4v) is 3.69. The second-order valence-electron chi connectivity index (χ2n) is 5.54. The van der Waals surface area contributed by atoms with E-state index in [1.807, 2.05) is 12.3 Å². The first-order valence-corrected chi connectivity index (χ1v) is 8.03. The zero-order valence-electron chi connectivity index (χ0n) is 11.6.